The fraction of sp³-hybridized carbons (Fsp3) is 0.360. The third kappa shape index (κ3) is 7.26. The molecule has 0 saturated heterocycles. The van der Waals surface area contributed by atoms with Crippen molar-refractivity contribution in [3.8, 4) is 11.5 Å². The lowest BCUT2D eigenvalue weighted by Crippen LogP contribution is -2.25. The van der Waals surface area contributed by atoms with Gasteiger partial charge in [0.15, 0.2) is 17.3 Å². The largest absolute Gasteiger partial charge is 0.486 e. The Morgan fingerprint density at radius 3 is 2.58 bits per heavy atom. The summed E-state index contributed by atoms with van der Waals surface area (Å²) in [4.78, 5) is 17.4. The molecule has 0 spiro atoms. The first-order valence-electron chi connectivity index (χ1n) is 11.8. The minimum Gasteiger partial charge on any atom is -0.486 e. The van der Waals surface area contributed by atoms with Gasteiger partial charge in [-0.05, 0) is 61.7 Å². The van der Waals surface area contributed by atoms with Crippen LogP contribution in [-0.2, 0) is 23.1 Å². The van der Waals surface area contributed by atoms with Gasteiger partial charge >= 0.3 is 10.3 Å². The molecule has 0 radical (unpaired) electrons. The number of thiazole rings is 1. The first-order chi connectivity index (χ1) is 17.3. The molecule has 1 atom stereocenters. The topological polar surface area (TPSA) is 127 Å². The molecule has 11 heteroatoms. The molecule has 2 aromatic carbocycles. The van der Waals surface area contributed by atoms with Crippen molar-refractivity contribution in [2.45, 2.75) is 38.6 Å². The minimum atomic E-state index is -4.31. The Morgan fingerprint density at radius 2 is 1.89 bits per heavy atom. The van der Waals surface area contributed by atoms with Crippen molar-refractivity contribution >= 4 is 33.1 Å². The molecule has 0 fully saturated rings. The molecule has 1 aliphatic rings. The summed E-state index contributed by atoms with van der Waals surface area (Å²) < 4.78 is 44.1. The van der Waals surface area contributed by atoms with E-state index in [9.17, 15) is 13.2 Å². The number of carbonyl (C=O) groups excluding carboxylic acids is 1. The van der Waals surface area contributed by atoms with Crippen LogP contribution >= 0.6 is 11.3 Å². The molecule has 192 valence electrons. The first-order valence-corrected chi connectivity index (χ1v) is 14.1. The van der Waals surface area contributed by atoms with Gasteiger partial charge in [-0.3, -0.25) is 14.1 Å². The highest BCUT2D eigenvalue weighted by Crippen LogP contribution is 2.31. The van der Waals surface area contributed by atoms with Crippen LogP contribution in [0, 0.1) is 0 Å². The molecule has 1 aliphatic heterocycles. The number of hydrogen-bond donors (Lipinski definition) is 3. The van der Waals surface area contributed by atoms with Gasteiger partial charge in [0.2, 0.25) is 0 Å². The van der Waals surface area contributed by atoms with Crippen molar-refractivity contribution in [1.29, 1.82) is 0 Å². The van der Waals surface area contributed by atoms with Crippen LogP contribution in [0.15, 0.2) is 47.8 Å². The lowest BCUT2D eigenvalue weighted by atomic mass is 10.0. The predicted molar refractivity (Wildman–Crippen MR) is 139 cm³/mol. The highest BCUT2D eigenvalue weighted by Gasteiger charge is 2.18. The Balaban J connectivity index is 1.35. The Bertz CT molecular complexity index is 1290. The van der Waals surface area contributed by atoms with E-state index in [1.54, 1.807) is 41.7 Å². The molecule has 1 aromatic heterocycles. The minimum absolute atomic E-state index is 0.0507. The second-order valence-electron chi connectivity index (χ2n) is 8.40. The zero-order chi connectivity index (χ0) is 25.5. The molecule has 0 aliphatic carbocycles. The van der Waals surface area contributed by atoms with Gasteiger partial charge in [0.1, 0.15) is 18.2 Å². The number of aryl methyl sites for hydroxylation is 1. The lowest BCUT2D eigenvalue weighted by Gasteiger charge is -2.19. The second-order valence-corrected chi connectivity index (χ2v) is 10.4. The summed E-state index contributed by atoms with van der Waals surface area (Å²) in [5.41, 5.74) is 2.91. The summed E-state index contributed by atoms with van der Waals surface area (Å²) >= 11 is 1.60. The number of carbonyl (C=O) groups is 1. The van der Waals surface area contributed by atoms with Gasteiger partial charge in [-0.1, -0.05) is 19.1 Å². The maximum Gasteiger partial charge on any atom is 0.357 e. The zero-order valence-corrected chi connectivity index (χ0v) is 21.5. The number of ketones is 1. The van der Waals surface area contributed by atoms with E-state index in [1.165, 1.54) is 0 Å². The van der Waals surface area contributed by atoms with Crippen LogP contribution < -0.4 is 19.5 Å². The molecule has 4 rings (SSSR count). The van der Waals surface area contributed by atoms with E-state index in [-0.39, 0.29) is 17.5 Å². The van der Waals surface area contributed by atoms with Gasteiger partial charge in [0.25, 0.3) is 0 Å². The molecular weight excluding hydrogens is 502 g/mol. The van der Waals surface area contributed by atoms with Crippen molar-refractivity contribution < 1.29 is 27.2 Å². The van der Waals surface area contributed by atoms with Crippen LogP contribution in [0.2, 0.25) is 0 Å². The van der Waals surface area contributed by atoms with Crippen LogP contribution in [-0.4, -0.2) is 43.5 Å². The summed E-state index contributed by atoms with van der Waals surface area (Å²) in [7, 11) is -4.31. The summed E-state index contributed by atoms with van der Waals surface area (Å²) in [6.07, 6.45) is 2.54. The van der Waals surface area contributed by atoms with Gasteiger partial charge in [0, 0.05) is 17.4 Å². The monoisotopic (exact) mass is 531 g/mol. The maximum atomic E-state index is 12.7. The number of anilines is 1. The van der Waals surface area contributed by atoms with Crippen molar-refractivity contribution in [2.24, 2.45) is 0 Å². The molecule has 9 nitrogen and oxygen atoms in total. The van der Waals surface area contributed by atoms with Crippen LogP contribution in [0.3, 0.4) is 0 Å². The van der Waals surface area contributed by atoms with Crippen molar-refractivity contribution in [3.63, 3.8) is 0 Å². The zero-order valence-electron chi connectivity index (χ0n) is 19.9. The number of rotatable bonds is 12. The predicted octanol–water partition coefficient (Wildman–Crippen LogP) is 4.23. The highest BCUT2D eigenvalue weighted by molar-refractivity contribution is 7.87. The second kappa shape index (κ2) is 11.8. The van der Waals surface area contributed by atoms with Gasteiger partial charge in [-0.2, -0.15) is 8.42 Å². The number of nitrogens with one attached hydrogen (secondary N) is 2. The average Bonchev–Trinajstić information content (AvgIpc) is 3.35. The normalized spacial score (nSPS) is 13.8. The SMILES string of the molecule is CCc1csc(C(Cc2ccc(NS(=O)(=O)O)cc2)NCCCC(=O)c2ccc3c(c2)OCCO3)n1. The van der Waals surface area contributed by atoms with Crippen molar-refractivity contribution in [2.75, 3.05) is 24.5 Å². The van der Waals surface area contributed by atoms with E-state index >= 15 is 0 Å². The molecule has 1 unspecified atom stereocenters. The van der Waals surface area contributed by atoms with Gasteiger partial charge in [-0.15, -0.1) is 11.3 Å². The fourth-order valence-corrected chi connectivity index (χ4v) is 5.28. The van der Waals surface area contributed by atoms with E-state index in [4.69, 9.17) is 19.0 Å². The Labute approximate surface area is 214 Å². The number of ether oxygens (including phenoxy) is 2. The van der Waals surface area contributed by atoms with E-state index in [0.717, 1.165) is 22.7 Å². The number of nitrogens with zero attached hydrogens (tertiary/aromatic N) is 1. The fourth-order valence-electron chi connectivity index (χ4n) is 3.87. The van der Waals surface area contributed by atoms with E-state index in [0.29, 0.717) is 56.1 Å². The van der Waals surface area contributed by atoms with Gasteiger partial charge < -0.3 is 14.8 Å². The summed E-state index contributed by atoms with van der Waals surface area (Å²) in [5.74, 6) is 1.33. The van der Waals surface area contributed by atoms with Gasteiger partial charge in [-0.25, -0.2) is 4.98 Å². The van der Waals surface area contributed by atoms with Crippen LogP contribution in [0.5, 0.6) is 11.5 Å². The van der Waals surface area contributed by atoms with E-state index < -0.39 is 10.3 Å². The first kappa shape index (κ1) is 26.1. The number of fused-ring (bicyclic) bond motifs is 1. The average molecular weight is 532 g/mol. The van der Waals surface area contributed by atoms with E-state index in [1.807, 2.05) is 16.9 Å². The van der Waals surface area contributed by atoms with Crippen LogP contribution in [0.1, 0.15) is 52.4 Å². The van der Waals surface area contributed by atoms with E-state index in [2.05, 4.69) is 17.6 Å². The highest BCUT2D eigenvalue weighted by atomic mass is 32.2. The number of aromatic nitrogens is 1. The van der Waals surface area contributed by atoms with Gasteiger partial charge in [0.05, 0.1) is 17.4 Å². The third-order valence-corrected chi connectivity index (χ3v) is 7.21. The molecule has 2 heterocycles. The lowest BCUT2D eigenvalue weighted by molar-refractivity contribution is 0.0978. The Hall–Kier alpha value is -2.99. The molecule has 3 N–H and O–H groups in total. The summed E-state index contributed by atoms with van der Waals surface area (Å²) in [6, 6.07) is 12.1. The smallest absolute Gasteiger partial charge is 0.357 e. The maximum absolute atomic E-state index is 12.7. The standard InChI is InChI=1S/C25H29N3O6S2/c1-2-19-16-35-25(27-19)21(14-17-5-8-20(9-6-17)28-36(30,31)32)26-11-3-4-22(29)18-7-10-23-24(15-18)34-13-12-33-23/h5-10,15-16,21,26,28H,2-4,11-14H2,1H3,(H,30,31,32). The summed E-state index contributed by atoms with van der Waals surface area (Å²) in [5, 5.41) is 6.54. The number of benzene rings is 2. The van der Waals surface area contributed by atoms with Crippen LogP contribution in [0.4, 0.5) is 5.69 Å². The molecular formula is C25H29N3O6S2. The van der Waals surface area contributed by atoms with Crippen molar-refractivity contribution in [1.82, 2.24) is 10.3 Å². The molecule has 0 bridgehead atoms. The Morgan fingerprint density at radius 1 is 1.14 bits per heavy atom. The molecule has 0 amide bonds. The third-order valence-electron chi connectivity index (χ3n) is 5.71. The van der Waals surface area contributed by atoms with Crippen LogP contribution in [0.25, 0.3) is 0 Å². The summed E-state index contributed by atoms with van der Waals surface area (Å²) in [6.45, 7) is 3.68. The quantitative estimate of drug-likeness (QED) is 0.180. The van der Waals surface area contributed by atoms with Crippen molar-refractivity contribution in [3.05, 3.63) is 69.7 Å². The molecule has 0 saturated carbocycles. The number of Topliss-reactive ketones (excluding diaryl/α,β-unsaturated/α-hetero) is 1. The molecule has 3 aromatic rings. The molecule has 36 heavy (non-hydrogen) atoms. The number of hydrogen-bond acceptors (Lipinski definition) is 8. The Kier molecular flexibility index (Phi) is 8.57.